The molecule has 7 heteroatoms. The topological polar surface area (TPSA) is 80.2 Å². The van der Waals surface area contributed by atoms with Crippen LogP contribution in [0.5, 0.6) is 11.8 Å². The van der Waals surface area contributed by atoms with Crippen LogP contribution in [0.15, 0.2) is 54.9 Å². The number of benzene rings is 1. The summed E-state index contributed by atoms with van der Waals surface area (Å²) in [6.07, 6.45) is 3.21. The van der Waals surface area contributed by atoms with Gasteiger partial charge in [-0.1, -0.05) is 12.1 Å². The fraction of sp³-hybridized carbons (Fsp3) is 0.200. The van der Waals surface area contributed by atoms with Gasteiger partial charge in [-0.3, -0.25) is 4.79 Å². The third-order valence-corrected chi connectivity index (χ3v) is 3.71. The summed E-state index contributed by atoms with van der Waals surface area (Å²) in [6, 6.07) is 12.8. The molecule has 2 aromatic heterocycles. The molecule has 0 saturated heterocycles. The Morgan fingerprint density at radius 1 is 1.11 bits per heavy atom. The van der Waals surface area contributed by atoms with Crippen LogP contribution in [-0.2, 0) is 6.54 Å². The summed E-state index contributed by atoms with van der Waals surface area (Å²) >= 11 is 0. The van der Waals surface area contributed by atoms with Crippen molar-refractivity contribution in [2.45, 2.75) is 13.5 Å². The Bertz CT molecular complexity index is 929. The smallest absolute Gasteiger partial charge is 0.321 e. The fourth-order valence-electron chi connectivity index (χ4n) is 2.44. The van der Waals surface area contributed by atoms with Crippen molar-refractivity contribution in [3.05, 3.63) is 71.8 Å². The van der Waals surface area contributed by atoms with Gasteiger partial charge < -0.3 is 15.0 Å². The Labute approximate surface area is 158 Å². The van der Waals surface area contributed by atoms with Gasteiger partial charge in [0.1, 0.15) is 11.4 Å². The first-order chi connectivity index (χ1) is 13.0. The molecule has 0 atom stereocenters. The van der Waals surface area contributed by atoms with E-state index >= 15 is 0 Å². The number of anilines is 1. The lowest BCUT2D eigenvalue weighted by atomic mass is 10.2. The highest BCUT2D eigenvalue weighted by atomic mass is 16.5. The van der Waals surface area contributed by atoms with E-state index in [1.54, 1.807) is 30.6 Å². The summed E-state index contributed by atoms with van der Waals surface area (Å²) in [5, 5.41) is 2.86. The molecular formula is C20H21N5O2. The summed E-state index contributed by atoms with van der Waals surface area (Å²) in [5.41, 5.74) is 2.72. The highest BCUT2D eigenvalue weighted by Gasteiger charge is 2.11. The second-order valence-corrected chi connectivity index (χ2v) is 6.32. The number of amides is 1. The maximum atomic E-state index is 12.6. The molecular weight excluding hydrogens is 342 g/mol. The number of rotatable bonds is 6. The van der Waals surface area contributed by atoms with Crippen molar-refractivity contribution in [1.29, 1.82) is 0 Å². The lowest BCUT2D eigenvalue weighted by molar-refractivity contribution is 0.102. The first-order valence-corrected chi connectivity index (χ1v) is 8.49. The number of nitrogens with one attached hydrogen (secondary N) is 1. The lowest BCUT2D eigenvalue weighted by Crippen LogP contribution is -2.17. The van der Waals surface area contributed by atoms with E-state index < -0.39 is 0 Å². The lowest BCUT2D eigenvalue weighted by Gasteiger charge is -2.11. The standard InChI is InChI=1S/C20H21N5O2/c1-14-8-9-15(12-18(14)27-20-21-10-5-11-22-20)24-19(26)17-7-4-6-16(23-17)13-25(2)3/h4-12H,13H2,1-3H3,(H,24,26). The van der Waals surface area contributed by atoms with Crippen LogP contribution in [0.4, 0.5) is 5.69 Å². The van der Waals surface area contributed by atoms with E-state index in [2.05, 4.69) is 20.3 Å². The van der Waals surface area contributed by atoms with Gasteiger partial charge in [0.2, 0.25) is 0 Å². The summed E-state index contributed by atoms with van der Waals surface area (Å²) in [6.45, 7) is 2.58. The van der Waals surface area contributed by atoms with E-state index in [9.17, 15) is 4.79 Å². The largest absolute Gasteiger partial charge is 0.424 e. The van der Waals surface area contributed by atoms with Crippen molar-refractivity contribution >= 4 is 11.6 Å². The van der Waals surface area contributed by atoms with Gasteiger partial charge in [-0.25, -0.2) is 15.0 Å². The third kappa shape index (κ3) is 5.08. The molecule has 1 aromatic carbocycles. The first kappa shape index (κ1) is 18.5. The molecule has 0 bridgehead atoms. The summed E-state index contributed by atoms with van der Waals surface area (Å²) < 4.78 is 5.71. The fourth-order valence-corrected chi connectivity index (χ4v) is 2.44. The van der Waals surface area contributed by atoms with Gasteiger partial charge in [0.15, 0.2) is 0 Å². The van der Waals surface area contributed by atoms with Gasteiger partial charge >= 0.3 is 6.01 Å². The molecule has 138 valence electrons. The zero-order chi connectivity index (χ0) is 19.2. The Balaban J connectivity index is 1.75. The van der Waals surface area contributed by atoms with Gasteiger partial charge in [-0.15, -0.1) is 0 Å². The quantitative estimate of drug-likeness (QED) is 0.724. The number of hydrogen-bond acceptors (Lipinski definition) is 6. The molecule has 27 heavy (non-hydrogen) atoms. The molecule has 0 spiro atoms. The van der Waals surface area contributed by atoms with Crippen LogP contribution >= 0.6 is 0 Å². The molecule has 0 saturated carbocycles. The van der Waals surface area contributed by atoms with Gasteiger partial charge in [0.25, 0.3) is 5.91 Å². The molecule has 3 aromatic rings. The minimum absolute atomic E-state index is 0.252. The molecule has 1 N–H and O–H groups in total. The second-order valence-electron chi connectivity index (χ2n) is 6.32. The van der Waals surface area contributed by atoms with Crippen LogP contribution < -0.4 is 10.1 Å². The number of carbonyl (C=O) groups excluding carboxylic acids is 1. The minimum Gasteiger partial charge on any atom is -0.424 e. The predicted octanol–water partition coefficient (Wildman–Crippen LogP) is 3.29. The molecule has 1 amide bonds. The van der Waals surface area contributed by atoms with E-state index in [4.69, 9.17) is 4.74 Å². The number of pyridine rings is 1. The molecule has 0 unspecified atom stereocenters. The molecule has 2 heterocycles. The number of hydrogen-bond donors (Lipinski definition) is 1. The van der Waals surface area contributed by atoms with Crippen molar-refractivity contribution in [2.24, 2.45) is 0 Å². The van der Waals surface area contributed by atoms with E-state index in [0.29, 0.717) is 23.7 Å². The van der Waals surface area contributed by atoms with Crippen molar-refractivity contribution < 1.29 is 9.53 Å². The molecule has 0 radical (unpaired) electrons. The zero-order valence-corrected chi connectivity index (χ0v) is 15.5. The highest BCUT2D eigenvalue weighted by molar-refractivity contribution is 6.03. The van der Waals surface area contributed by atoms with Crippen molar-refractivity contribution in [2.75, 3.05) is 19.4 Å². The first-order valence-electron chi connectivity index (χ1n) is 8.49. The molecule has 0 fully saturated rings. The van der Waals surface area contributed by atoms with Crippen LogP contribution in [0.25, 0.3) is 0 Å². The normalized spacial score (nSPS) is 10.7. The minimum atomic E-state index is -0.277. The number of ether oxygens (including phenoxy) is 1. The van der Waals surface area contributed by atoms with Crippen LogP contribution in [0.1, 0.15) is 21.7 Å². The highest BCUT2D eigenvalue weighted by Crippen LogP contribution is 2.26. The monoisotopic (exact) mass is 363 g/mol. The average molecular weight is 363 g/mol. The van der Waals surface area contributed by atoms with Crippen LogP contribution in [-0.4, -0.2) is 39.9 Å². The maximum Gasteiger partial charge on any atom is 0.321 e. The number of carbonyl (C=O) groups is 1. The van der Waals surface area contributed by atoms with Gasteiger partial charge in [-0.05, 0) is 50.8 Å². The van der Waals surface area contributed by atoms with Gasteiger partial charge in [0, 0.05) is 30.7 Å². The van der Waals surface area contributed by atoms with E-state index in [-0.39, 0.29) is 11.9 Å². The Morgan fingerprint density at radius 2 is 1.89 bits per heavy atom. The molecule has 0 aliphatic carbocycles. The summed E-state index contributed by atoms with van der Waals surface area (Å²) in [5.74, 6) is 0.301. The zero-order valence-electron chi connectivity index (χ0n) is 15.5. The molecule has 7 nitrogen and oxygen atoms in total. The Hall–Kier alpha value is -3.32. The number of aromatic nitrogens is 3. The van der Waals surface area contributed by atoms with Gasteiger partial charge in [-0.2, -0.15) is 0 Å². The predicted molar refractivity (Wildman–Crippen MR) is 103 cm³/mol. The summed E-state index contributed by atoms with van der Waals surface area (Å²) in [7, 11) is 3.91. The van der Waals surface area contributed by atoms with Crippen LogP contribution in [0.3, 0.4) is 0 Å². The third-order valence-electron chi connectivity index (χ3n) is 3.71. The second kappa shape index (κ2) is 8.37. The van der Waals surface area contributed by atoms with Gasteiger partial charge in [0.05, 0.1) is 5.69 Å². The molecule has 3 rings (SSSR count). The maximum absolute atomic E-state index is 12.6. The van der Waals surface area contributed by atoms with Crippen molar-refractivity contribution in [1.82, 2.24) is 19.9 Å². The molecule has 0 aliphatic rings. The van der Waals surface area contributed by atoms with Crippen LogP contribution in [0, 0.1) is 6.92 Å². The summed E-state index contributed by atoms with van der Waals surface area (Å²) in [4.78, 5) is 27.1. The average Bonchev–Trinajstić information content (AvgIpc) is 2.65. The van der Waals surface area contributed by atoms with E-state index in [0.717, 1.165) is 11.3 Å². The van der Waals surface area contributed by atoms with Crippen LogP contribution in [0.2, 0.25) is 0 Å². The Morgan fingerprint density at radius 3 is 2.63 bits per heavy atom. The SMILES string of the molecule is Cc1ccc(NC(=O)c2cccc(CN(C)C)n2)cc1Oc1ncccn1. The molecule has 0 aliphatic heterocycles. The number of aryl methyl sites for hydroxylation is 1. The number of nitrogens with zero attached hydrogens (tertiary/aromatic N) is 4. The Kier molecular flexibility index (Phi) is 5.73. The van der Waals surface area contributed by atoms with E-state index in [1.165, 1.54) is 0 Å². The van der Waals surface area contributed by atoms with E-state index in [1.807, 2.05) is 50.2 Å². The van der Waals surface area contributed by atoms with Crippen molar-refractivity contribution in [3.63, 3.8) is 0 Å². The van der Waals surface area contributed by atoms with Crippen molar-refractivity contribution in [3.8, 4) is 11.8 Å².